The molecule has 1 unspecified atom stereocenters. The predicted molar refractivity (Wildman–Crippen MR) is 83.2 cm³/mol. The van der Waals surface area contributed by atoms with Gasteiger partial charge in [0.1, 0.15) is 5.75 Å². The fourth-order valence-corrected chi connectivity index (χ4v) is 2.57. The lowest BCUT2D eigenvalue weighted by Gasteiger charge is -2.44. The number of carbonyl (C=O) groups excluding carboxylic acids is 1. The van der Waals surface area contributed by atoms with E-state index in [-0.39, 0.29) is 17.7 Å². The molecular formula is C15H21ClN2O3. The number of benzene rings is 1. The van der Waals surface area contributed by atoms with Crippen LogP contribution in [0.15, 0.2) is 18.2 Å². The number of ether oxygens (including phenoxy) is 2. The van der Waals surface area contributed by atoms with Crippen LogP contribution in [0.2, 0.25) is 5.02 Å². The summed E-state index contributed by atoms with van der Waals surface area (Å²) in [4.78, 5) is 14.2. The minimum Gasteiger partial charge on any atom is -0.495 e. The summed E-state index contributed by atoms with van der Waals surface area (Å²) in [5, 5.41) is 3.33. The summed E-state index contributed by atoms with van der Waals surface area (Å²) in [6.07, 6.45) is 0. The fraction of sp³-hybridized carbons (Fsp3) is 0.533. The van der Waals surface area contributed by atoms with Crippen molar-refractivity contribution in [1.82, 2.24) is 4.90 Å². The Kier molecular flexibility index (Phi) is 4.64. The minimum atomic E-state index is -0.354. The molecule has 1 N–H and O–H groups in total. The highest BCUT2D eigenvalue weighted by Crippen LogP contribution is 2.28. The summed E-state index contributed by atoms with van der Waals surface area (Å²) in [7, 11) is 1.55. The lowest BCUT2D eigenvalue weighted by atomic mass is 9.97. The molecule has 0 saturated carbocycles. The molecule has 1 aliphatic rings. The van der Waals surface area contributed by atoms with Crippen molar-refractivity contribution in [3.63, 3.8) is 0 Å². The molecule has 2 amide bonds. The molecule has 1 heterocycles. The van der Waals surface area contributed by atoms with E-state index in [0.717, 1.165) is 0 Å². The number of nitrogens with zero attached hydrogens (tertiary/aromatic N) is 1. The second kappa shape index (κ2) is 6.12. The molecule has 0 radical (unpaired) electrons. The standard InChI is InChI=1S/C15H21ClN2O3/c1-10-15(2,3)21-8-7-18(10)14(19)17-11-5-6-13(20-4)12(16)9-11/h5-6,9-10H,7-8H2,1-4H3,(H,17,19). The van der Waals surface area contributed by atoms with Crippen molar-refractivity contribution in [1.29, 1.82) is 0 Å². The van der Waals surface area contributed by atoms with Crippen LogP contribution in [0.5, 0.6) is 5.75 Å². The minimum absolute atomic E-state index is 0.0139. The zero-order valence-corrected chi connectivity index (χ0v) is 13.5. The molecule has 116 valence electrons. The first kappa shape index (κ1) is 15.9. The van der Waals surface area contributed by atoms with Crippen molar-refractivity contribution in [2.24, 2.45) is 0 Å². The molecule has 1 aliphatic heterocycles. The van der Waals surface area contributed by atoms with E-state index in [1.165, 1.54) is 0 Å². The molecule has 1 aromatic carbocycles. The molecule has 6 heteroatoms. The Morgan fingerprint density at radius 2 is 2.24 bits per heavy atom. The maximum absolute atomic E-state index is 12.4. The topological polar surface area (TPSA) is 50.8 Å². The maximum Gasteiger partial charge on any atom is 0.322 e. The van der Waals surface area contributed by atoms with Crippen LogP contribution in [0.3, 0.4) is 0 Å². The number of anilines is 1. The van der Waals surface area contributed by atoms with Crippen molar-refractivity contribution in [2.45, 2.75) is 32.4 Å². The number of hydrogen-bond donors (Lipinski definition) is 1. The molecule has 1 fully saturated rings. The molecular weight excluding hydrogens is 292 g/mol. The third-order valence-corrected chi connectivity index (χ3v) is 4.24. The van der Waals surface area contributed by atoms with Gasteiger partial charge >= 0.3 is 6.03 Å². The van der Waals surface area contributed by atoms with Crippen LogP contribution in [0, 0.1) is 0 Å². The normalized spacial score (nSPS) is 21.0. The number of halogens is 1. The Balaban J connectivity index is 2.09. The summed E-state index contributed by atoms with van der Waals surface area (Å²) in [6.45, 7) is 7.07. The van der Waals surface area contributed by atoms with Crippen LogP contribution in [-0.4, -0.2) is 42.8 Å². The second-order valence-electron chi connectivity index (χ2n) is 5.60. The third-order valence-electron chi connectivity index (χ3n) is 3.94. The van der Waals surface area contributed by atoms with Crippen molar-refractivity contribution in [3.05, 3.63) is 23.2 Å². The van der Waals surface area contributed by atoms with Gasteiger partial charge in [0.25, 0.3) is 0 Å². The molecule has 1 atom stereocenters. The van der Waals surface area contributed by atoms with Gasteiger partial charge in [-0.05, 0) is 39.0 Å². The van der Waals surface area contributed by atoms with Gasteiger partial charge in [0.2, 0.25) is 0 Å². The van der Waals surface area contributed by atoms with Gasteiger partial charge in [-0.3, -0.25) is 0 Å². The first-order valence-corrected chi connectivity index (χ1v) is 7.28. The monoisotopic (exact) mass is 312 g/mol. The Hall–Kier alpha value is -1.46. The highest BCUT2D eigenvalue weighted by atomic mass is 35.5. The highest BCUT2D eigenvalue weighted by Gasteiger charge is 2.37. The largest absolute Gasteiger partial charge is 0.495 e. The van der Waals surface area contributed by atoms with Gasteiger partial charge in [0, 0.05) is 12.2 Å². The highest BCUT2D eigenvalue weighted by molar-refractivity contribution is 6.32. The second-order valence-corrected chi connectivity index (χ2v) is 6.01. The Bertz CT molecular complexity index is 534. The van der Waals surface area contributed by atoms with Crippen LogP contribution < -0.4 is 10.1 Å². The number of carbonyl (C=O) groups is 1. The average molecular weight is 313 g/mol. The number of nitrogens with one attached hydrogen (secondary N) is 1. The van der Waals surface area contributed by atoms with Gasteiger partial charge in [-0.25, -0.2) is 4.79 Å². The summed E-state index contributed by atoms with van der Waals surface area (Å²) in [5.74, 6) is 0.579. The summed E-state index contributed by atoms with van der Waals surface area (Å²) in [6, 6.07) is 5.00. The first-order chi connectivity index (χ1) is 9.85. The average Bonchev–Trinajstić information content (AvgIpc) is 2.42. The Morgan fingerprint density at radius 3 is 2.86 bits per heavy atom. The maximum atomic E-state index is 12.4. The third kappa shape index (κ3) is 3.41. The van der Waals surface area contributed by atoms with E-state index in [0.29, 0.717) is 29.6 Å². The van der Waals surface area contributed by atoms with E-state index >= 15 is 0 Å². The van der Waals surface area contributed by atoms with Crippen LogP contribution in [0.1, 0.15) is 20.8 Å². The smallest absolute Gasteiger partial charge is 0.322 e. The fourth-order valence-electron chi connectivity index (χ4n) is 2.31. The molecule has 1 aromatic rings. The summed E-state index contributed by atoms with van der Waals surface area (Å²) < 4.78 is 10.8. The van der Waals surface area contributed by atoms with Gasteiger partial charge in [-0.1, -0.05) is 11.6 Å². The van der Waals surface area contributed by atoms with E-state index in [1.54, 1.807) is 30.2 Å². The molecule has 21 heavy (non-hydrogen) atoms. The number of hydrogen-bond acceptors (Lipinski definition) is 3. The van der Waals surface area contributed by atoms with E-state index in [9.17, 15) is 4.79 Å². The van der Waals surface area contributed by atoms with E-state index in [2.05, 4.69) is 5.32 Å². The first-order valence-electron chi connectivity index (χ1n) is 6.90. The zero-order valence-electron chi connectivity index (χ0n) is 12.8. The Morgan fingerprint density at radius 1 is 1.52 bits per heavy atom. The molecule has 0 aliphatic carbocycles. The molecule has 0 aromatic heterocycles. The van der Waals surface area contributed by atoms with E-state index in [1.807, 2.05) is 20.8 Å². The lowest BCUT2D eigenvalue weighted by molar-refractivity contribution is -0.105. The van der Waals surface area contributed by atoms with Crippen molar-refractivity contribution >= 4 is 23.3 Å². The van der Waals surface area contributed by atoms with Gasteiger partial charge in [0.15, 0.2) is 0 Å². The number of morpholine rings is 1. The molecule has 0 spiro atoms. The molecule has 0 bridgehead atoms. The molecule has 2 rings (SSSR count). The Labute approximate surface area is 130 Å². The molecule has 1 saturated heterocycles. The van der Waals surface area contributed by atoms with Crippen LogP contribution in [0.25, 0.3) is 0 Å². The van der Waals surface area contributed by atoms with E-state index in [4.69, 9.17) is 21.1 Å². The van der Waals surface area contributed by atoms with Crippen LogP contribution in [0.4, 0.5) is 10.5 Å². The van der Waals surface area contributed by atoms with Crippen molar-refractivity contribution < 1.29 is 14.3 Å². The summed E-state index contributed by atoms with van der Waals surface area (Å²) in [5.41, 5.74) is 0.287. The van der Waals surface area contributed by atoms with Crippen molar-refractivity contribution in [3.8, 4) is 5.75 Å². The van der Waals surface area contributed by atoms with Crippen LogP contribution >= 0.6 is 11.6 Å². The number of rotatable bonds is 2. The SMILES string of the molecule is COc1ccc(NC(=O)N2CCOC(C)(C)C2C)cc1Cl. The lowest BCUT2D eigenvalue weighted by Crippen LogP contribution is -2.58. The predicted octanol–water partition coefficient (Wildman–Crippen LogP) is 3.38. The van der Waals surface area contributed by atoms with Crippen LogP contribution in [-0.2, 0) is 4.74 Å². The van der Waals surface area contributed by atoms with Gasteiger partial charge in [-0.2, -0.15) is 0 Å². The van der Waals surface area contributed by atoms with Gasteiger partial charge < -0.3 is 19.7 Å². The molecule has 5 nitrogen and oxygen atoms in total. The number of methoxy groups -OCH3 is 1. The van der Waals surface area contributed by atoms with Gasteiger partial charge in [0.05, 0.1) is 30.4 Å². The number of urea groups is 1. The summed E-state index contributed by atoms with van der Waals surface area (Å²) >= 11 is 6.06. The van der Waals surface area contributed by atoms with Gasteiger partial charge in [-0.15, -0.1) is 0 Å². The van der Waals surface area contributed by atoms with Crippen molar-refractivity contribution in [2.75, 3.05) is 25.6 Å². The number of amides is 2. The van der Waals surface area contributed by atoms with E-state index < -0.39 is 0 Å². The quantitative estimate of drug-likeness (QED) is 0.910. The zero-order chi connectivity index (χ0) is 15.6.